The second kappa shape index (κ2) is 14.7. The van der Waals surface area contributed by atoms with Gasteiger partial charge in [-0.3, -0.25) is 24.5 Å². The Hall–Kier alpha value is -3.39. The van der Waals surface area contributed by atoms with E-state index in [2.05, 4.69) is 21.0 Å². The van der Waals surface area contributed by atoms with Crippen molar-refractivity contribution in [3.05, 3.63) is 34.7 Å². The molecule has 3 amide bonds. The number of rotatable bonds is 14. The van der Waals surface area contributed by atoms with Gasteiger partial charge in [0.25, 0.3) is 11.5 Å². The Morgan fingerprint density at radius 3 is 2.46 bits per heavy atom. The first-order chi connectivity index (χ1) is 19.0. The van der Waals surface area contributed by atoms with Gasteiger partial charge in [0.05, 0.1) is 57.6 Å². The van der Waals surface area contributed by atoms with Crippen LogP contribution in [-0.4, -0.2) is 105 Å². The Balaban J connectivity index is 1.11. The van der Waals surface area contributed by atoms with Gasteiger partial charge in [-0.1, -0.05) is 12.1 Å². The molecule has 1 atom stereocenters. The average Bonchev–Trinajstić information content (AvgIpc) is 2.94. The van der Waals surface area contributed by atoms with E-state index >= 15 is 0 Å². The van der Waals surface area contributed by atoms with E-state index in [4.69, 9.17) is 14.2 Å². The number of aromatic nitrogens is 2. The Morgan fingerprint density at radius 1 is 1.00 bits per heavy atom. The van der Waals surface area contributed by atoms with Crippen LogP contribution < -0.4 is 21.5 Å². The van der Waals surface area contributed by atoms with Gasteiger partial charge in [-0.25, -0.2) is 4.68 Å². The number of hydrogen-bond donors (Lipinski definition) is 3. The number of benzene rings is 1. The average molecular weight is 545 g/mol. The zero-order chi connectivity index (χ0) is 27.5. The number of carbonyl (C=O) groups is 3. The molecular weight excluding hydrogens is 508 g/mol. The molecule has 212 valence electrons. The molecule has 0 bridgehead atoms. The third kappa shape index (κ3) is 8.05. The van der Waals surface area contributed by atoms with Crippen LogP contribution in [0.3, 0.4) is 0 Å². The molecule has 0 spiro atoms. The van der Waals surface area contributed by atoms with Gasteiger partial charge in [0.1, 0.15) is 6.04 Å². The van der Waals surface area contributed by atoms with Gasteiger partial charge in [0.2, 0.25) is 11.8 Å². The van der Waals surface area contributed by atoms with Crippen molar-refractivity contribution < 1.29 is 28.6 Å². The minimum Gasteiger partial charge on any atom is -0.382 e. The van der Waals surface area contributed by atoms with Crippen LogP contribution in [0.15, 0.2) is 29.2 Å². The summed E-state index contributed by atoms with van der Waals surface area (Å²) in [7, 11) is 0. The number of carbonyl (C=O) groups excluding carboxylic acids is 3. The molecule has 2 aromatic rings. The standard InChI is InChI=1S/C26H36N6O7/c33-22-5-4-21(25(35)30-22)32-26(36)24-19(18-29-32)2-1-3-20(24)28-9-13-38-15-17-39-16-14-37-12-6-23(34)31-10-7-27-8-11-31/h1-3,18,21,27-28H,4-17H2,(H,30,33,35). The van der Waals surface area contributed by atoms with Gasteiger partial charge >= 0.3 is 0 Å². The molecule has 0 radical (unpaired) electrons. The highest BCUT2D eigenvalue weighted by atomic mass is 16.5. The summed E-state index contributed by atoms with van der Waals surface area (Å²) >= 11 is 0. The van der Waals surface area contributed by atoms with Crippen molar-refractivity contribution in [2.75, 3.05) is 77.7 Å². The molecule has 4 rings (SSSR count). The van der Waals surface area contributed by atoms with Crippen LogP contribution in [0.1, 0.15) is 25.3 Å². The molecule has 1 aromatic heterocycles. The van der Waals surface area contributed by atoms with E-state index in [0.29, 0.717) is 69.1 Å². The Kier molecular flexibility index (Phi) is 10.8. The van der Waals surface area contributed by atoms with Gasteiger partial charge in [0, 0.05) is 50.2 Å². The summed E-state index contributed by atoms with van der Waals surface area (Å²) in [6.45, 7) is 6.10. The zero-order valence-corrected chi connectivity index (χ0v) is 22.0. The predicted molar refractivity (Wildman–Crippen MR) is 142 cm³/mol. The number of hydrogen-bond acceptors (Lipinski definition) is 10. The lowest BCUT2D eigenvalue weighted by molar-refractivity contribution is -0.136. The highest BCUT2D eigenvalue weighted by molar-refractivity contribution is 5.99. The van der Waals surface area contributed by atoms with Crippen LogP contribution in [0, 0.1) is 0 Å². The lowest BCUT2D eigenvalue weighted by Gasteiger charge is -2.27. The molecule has 3 heterocycles. The number of ether oxygens (including phenoxy) is 3. The summed E-state index contributed by atoms with van der Waals surface area (Å²) in [5.41, 5.74) is 0.225. The number of amides is 3. The van der Waals surface area contributed by atoms with Crippen LogP contribution in [0.2, 0.25) is 0 Å². The summed E-state index contributed by atoms with van der Waals surface area (Å²) in [5, 5.41) is 14.0. The van der Waals surface area contributed by atoms with E-state index in [1.54, 1.807) is 18.3 Å². The molecule has 1 aromatic carbocycles. The fourth-order valence-electron chi connectivity index (χ4n) is 4.52. The number of imide groups is 1. The minimum atomic E-state index is -0.818. The van der Waals surface area contributed by atoms with Gasteiger partial charge in [-0.2, -0.15) is 5.10 Å². The molecule has 13 nitrogen and oxygen atoms in total. The van der Waals surface area contributed by atoms with E-state index < -0.39 is 17.5 Å². The maximum absolute atomic E-state index is 13.2. The van der Waals surface area contributed by atoms with Crippen molar-refractivity contribution in [2.45, 2.75) is 25.3 Å². The van der Waals surface area contributed by atoms with Crippen molar-refractivity contribution in [3.8, 4) is 0 Å². The first-order valence-electron chi connectivity index (χ1n) is 13.3. The Labute approximate surface area is 226 Å². The molecule has 0 aliphatic carbocycles. The van der Waals surface area contributed by atoms with Crippen molar-refractivity contribution >= 4 is 34.2 Å². The molecule has 2 fully saturated rings. The third-order valence-electron chi connectivity index (χ3n) is 6.58. The molecule has 2 aliphatic rings. The normalized spacial score (nSPS) is 17.8. The maximum Gasteiger partial charge on any atom is 0.277 e. The molecular formula is C26H36N6O7. The number of piperazine rings is 1. The van der Waals surface area contributed by atoms with Crippen LogP contribution >= 0.6 is 0 Å². The van der Waals surface area contributed by atoms with Crippen molar-refractivity contribution in [3.63, 3.8) is 0 Å². The third-order valence-corrected chi connectivity index (χ3v) is 6.58. The van der Waals surface area contributed by atoms with E-state index in [9.17, 15) is 19.2 Å². The largest absolute Gasteiger partial charge is 0.382 e. The van der Waals surface area contributed by atoms with E-state index in [1.165, 1.54) is 0 Å². The lowest BCUT2D eigenvalue weighted by atomic mass is 10.1. The molecule has 39 heavy (non-hydrogen) atoms. The maximum atomic E-state index is 13.2. The zero-order valence-electron chi connectivity index (χ0n) is 22.0. The number of anilines is 1. The molecule has 2 saturated heterocycles. The van der Waals surface area contributed by atoms with Gasteiger partial charge in [-0.15, -0.1) is 0 Å². The van der Waals surface area contributed by atoms with E-state index in [-0.39, 0.29) is 24.7 Å². The predicted octanol–water partition coefficient (Wildman–Crippen LogP) is -0.342. The molecule has 1 unspecified atom stereocenters. The monoisotopic (exact) mass is 544 g/mol. The van der Waals surface area contributed by atoms with Crippen LogP contribution in [0.5, 0.6) is 0 Å². The van der Waals surface area contributed by atoms with Gasteiger partial charge in [-0.05, 0) is 12.5 Å². The first-order valence-corrected chi connectivity index (χ1v) is 13.3. The summed E-state index contributed by atoms with van der Waals surface area (Å²) < 4.78 is 17.7. The highest BCUT2D eigenvalue weighted by Gasteiger charge is 2.30. The smallest absolute Gasteiger partial charge is 0.277 e. The van der Waals surface area contributed by atoms with Crippen LogP contribution in [0.4, 0.5) is 5.69 Å². The topological polar surface area (TPSA) is 153 Å². The number of fused-ring (bicyclic) bond motifs is 1. The van der Waals surface area contributed by atoms with Crippen molar-refractivity contribution in [1.29, 1.82) is 0 Å². The van der Waals surface area contributed by atoms with Crippen LogP contribution in [0.25, 0.3) is 10.8 Å². The number of nitrogens with zero attached hydrogens (tertiary/aromatic N) is 3. The van der Waals surface area contributed by atoms with Crippen molar-refractivity contribution in [2.24, 2.45) is 0 Å². The summed E-state index contributed by atoms with van der Waals surface area (Å²) in [4.78, 5) is 50.8. The summed E-state index contributed by atoms with van der Waals surface area (Å²) in [5.74, 6) is -0.742. The van der Waals surface area contributed by atoms with E-state index in [1.807, 2.05) is 11.0 Å². The fraction of sp³-hybridized carbons (Fsp3) is 0.577. The second-order valence-corrected chi connectivity index (χ2v) is 9.28. The first kappa shape index (κ1) is 28.6. The lowest BCUT2D eigenvalue weighted by Crippen LogP contribution is -2.46. The van der Waals surface area contributed by atoms with Crippen LogP contribution in [-0.2, 0) is 28.6 Å². The number of nitrogens with one attached hydrogen (secondary N) is 3. The molecule has 2 aliphatic heterocycles. The fourth-order valence-corrected chi connectivity index (χ4v) is 4.52. The Bertz CT molecular complexity index is 1200. The molecule has 0 saturated carbocycles. The highest BCUT2D eigenvalue weighted by Crippen LogP contribution is 2.21. The SMILES string of the molecule is O=C1CCC(n2ncc3cccc(NCCOCCOCCOCCC(=O)N4CCNCC4)c3c2=O)C(=O)N1. The Morgan fingerprint density at radius 2 is 1.72 bits per heavy atom. The quantitative estimate of drug-likeness (QED) is 0.213. The second-order valence-electron chi connectivity index (χ2n) is 9.28. The molecule has 13 heteroatoms. The number of piperidine rings is 1. The minimum absolute atomic E-state index is 0.125. The summed E-state index contributed by atoms with van der Waals surface area (Å²) in [6.07, 6.45) is 2.33. The van der Waals surface area contributed by atoms with Gasteiger partial charge in [0.15, 0.2) is 0 Å². The molecule has 3 N–H and O–H groups in total. The summed E-state index contributed by atoms with van der Waals surface area (Å²) in [6, 6.07) is 4.57. The van der Waals surface area contributed by atoms with Gasteiger partial charge < -0.3 is 29.7 Å². The van der Waals surface area contributed by atoms with E-state index in [0.717, 1.165) is 30.9 Å². The van der Waals surface area contributed by atoms with Crippen molar-refractivity contribution in [1.82, 2.24) is 25.3 Å².